The predicted molar refractivity (Wildman–Crippen MR) is 106 cm³/mol. The SMILES string of the molecule is Cc1noc(C(C)N2CCN(c3ccc4cc(Br)cc(Cl)c4n3)CC2)n1. The molecule has 3 aromatic rings. The van der Waals surface area contributed by atoms with Crippen LogP contribution in [0, 0.1) is 6.92 Å². The smallest absolute Gasteiger partial charge is 0.243 e. The first kappa shape index (κ1) is 17.7. The highest BCUT2D eigenvalue weighted by molar-refractivity contribution is 9.10. The number of hydrogen-bond acceptors (Lipinski definition) is 6. The van der Waals surface area contributed by atoms with Gasteiger partial charge in [-0.05, 0) is 38.1 Å². The number of hydrogen-bond donors (Lipinski definition) is 0. The molecule has 4 rings (SSSR count). The first-order chi connectivity index (χ1) is 12.5. The molecule has 2 aromatic heterocycles. The van der Waals surface area contributed by atoms with Crippen LogP contribution in [0.25, 0.3) is 10.9 Å². The van der Waals surface area contributed by atoms with E-state index < -0.39 is 0 Å². The Balaban J connectivity index is 1.48. The van der Waals surface area contributed by atoms with Gasteiger partial charge in [-0.15, -0.1) is 0 Å². The maximum Gasteiger partial charge on any atom is 0.243 e. The monoisotopic (exact) mass is 435 g/mol. The van der Waals surface area contributed by atoms with Crippen LogP contribution in [-0.4, -0.2) is 46.2 Å². The Bertz CT molecular complexity index is 938. The van der Waals surface area contributed by atoms with E-state index in [1.54, 1.807) is 0 Å². The standard InChI is InChI=1S/C18H19BrClN5O/c1-11(18-21-12(2)23-26-18)24-5-7-25(8-6-24)16-4-3-13-9-14(19)10-15(20)17(13)22-16/h3-4,9-11H,5-8H2,1-2H3. The number of benzene rings is 1. The molecule has 1 saturated heterocycles. The van der Waals surface area contributed by atoms with E-state index in [-0.39, 0.29) is 6.04 Å². The lowest BCUT2D eigenvalue weighted by Crippen LogP contribution is -2.47. The Labute approximate surface area is 165 Å². The second-order valence-corrected chi connectivity index (χ2v) is 7.83. The van der Waals surface area contributed by atoms with Gasteiger partial charge in [-0.25, -0.2) is 4.98 Å². The van der Waals surface area contributed by atoms with Gasteiger partial charge in [0.15, 0.2) is 5.82 Å². The van der Waals surface area contributed by atoms with Gasteiger partial charge in [0.1, 0.15) is 5.82 Å². The van der Waals surface area contributed by atoms with Crippen molar-refractivity contribution in [3.05, 3.63) is 45.5 Å². The summed E-state index contributed by atoms with van der Waals surface area (Å²) in [5.74, 6) is 2.31. The molecule has 0 amide bonds. The zero-order valence-electron chi connectivity index (χ0n) is 14.6. The molecule has 136 valence electrons. The highest BCUT2D eigenvalue weighted by atomic mass is 79.9. The molecule has 1 unspecified atom stereocenters. The summed E-state index contributed by atoms with van der Waals surface area (Å²) in [6, 6.07) is 8.17. The van der Waals surface area contributed by atoms with Gasteiger partial charge in [0.05, 0.1) is 16.6 Å². The highest BCUT2D eigenvalue weighted by Crippen LogP contribution is 2.29. The fraction of sp³-hybridized carbons (Fsp3) is 0.389. The summed E-state index contributed by atoms with van der Waals surface area (Å²) in [6.45, 7) is 7.56. The normalized spacial score (nSPS) is 17.0. The van der Waals surface area contributed by atoms with Crippen molar-refractivity contribution in [1.82, 2.24) is 20.0 Å². The van der Waals surface area contributed by atoms with Crippen molar-refractivity contribution in [2.45, 2.75) is 19.9 Å². The van der Waals surface area contributed by atoms with Gasteiger partial charge < -0.3 is 9.42 Å². The van der Waals surface area contributed by atoms with Gasteiger partial charge in [0, 0.05) is 36.0 Å². The molecule has 3 heterocycles. The van der Waals surface area contributed by atoms with E-state index in [1.165, 1.54) is 0 Å². The van der Waals surface area contributed by atoms with E-state index in [9.17, 15) is 0 Å². The molecule has 8 heteroatoms. The van der Waals surface area contributed by atoms with E-state index in [2.05, 4.69) is 54.9 Å². The summed E-state index contributed by atoms with van der Waals surface area (Å²) in [4.78, 5) is 13.8. The lowest BCUT2D eigenvalue weighted by atomic mass is 10.2. The number of piperazine rings is 1. The highest BCUT2D eigenvalue weighted by Gasteiger charge is 2.26. The van der Waals surface area contributed by atoms with Crippen molar-refractivity contribution in [1.29, 1.82) is 0 Å². The van der Waals surface area contributed by atoms with Gasteiger partial charge in [-0.2, -0.15) is 4.98 Å². The van der Waals surface area contributed by atoms with Crippen molar-refractivity contribution < 1.29 is 4.52 Å². The number of fused-ring (bicyclic) bond motifs is 1. The molecule has 0 N–H and O–H groups in total. The molecule has 1 atom stereocenters. The molecule has 1 aliphatic heterocycles. The van der Waals surface area contributed by atoms with Crippen molar-refractivity contribution in [2.24, 2.45) is 0 Å². The average Bonchev–Trinajstić information content (AvgIpc) is 3.07. The van der Waals surface area contributed by atoms with Crippen LogP contribution >= 0.6 is 27.5 Å². The van der Waals surface area contributed by atoms with Gasteiger partial charge in [0.25, 0.3) is 0 Å². The summed E-state index contributed by atoms with van der Waals surface area (Å²) in [6.07, 6.45) is 0. The maximum absolute atomic E-state index is 6.37. The molecule has 1 aromatic carbocycles. The number of aryl methyl sites for hydroxylation is 1. The third kappa shape index (κ3) is 3.43. The molecule has 0 aliphatic carbocycles. The molecule has 6 nitrogen and oxygen atoms in total. The fourth-order valence-corrected chi connectivity index (χ4v) is 4.18. The van der Waals surface area contributed by atoms with Gasteiger partial charge in [-0.1, -0.05) is 32.7 Å². The van der Waals surface area contributed by atoms with Crippen molar-refractivity contribution in [2.75, 3.05) is 31.1 Å². The summed E-state index contributed by atoms with van der Waals surface area (Å²) >= 11 is 9.84. The molecule has 0 radical (unpaired) electrons. The molecule has 0 spiro atoms. The minimum absolute atomic E-state index is 0.120. The lowest BCUT2D eigenvalue weighted by molar-refractivity contribution is 0.164. The second-order valence-electron chi connectivity index (χ2n) is 6.51. The van der Waals surface area contributed by atoms with Crippen LogP contribution in [0.2, 0.25) is 5.02 Å². The summed E-state index contributed by atoms with van der Waals surface area (Å²) in [7, 11) is 0. The van der Waals surface area contributed by atoms with Gasteiger partial charge in [-0.3, -0.25) is 4.90 Å². The van der Waals surface area contributed by atoms with Crippen molar-refractivity contribution >= 4 is 44.3 Å². The molecular weight excluding hydrogens is 418 g/mol. The molecule has 1 fully saturated rings. The minimum atomic E-state index is 0.120. The van der Waals surface area contributed by atoms with Crippen LogP contribution in [0.4, 0.5) is 5.82 Å². The van der Waals surface area contributed by atoms with Gasteiger partial charge in [0.2, 0.25) is 5.89 Å². The first-order valence-corrected chi connectivity index (χ1v) is 9.73. The van der Waals surface area contributed by atoms with Crippen LogP contribution in [0.15, 0.2) is 33.3 Å². The Morgan fingerprint density at radius 2 is 1.92 bits per heavy atom. The Morgan fingerprint density at radius 1 is 1.15 bits per heavy atom. The Hall–Kier alpha value is -1.70. The summed E-state index contributed by atoms with van der Waals surface area (Å²) in [5.41, 5.74) is 0.837. The van der Waals surface area contributed by atoms with Crippen LogP contribution in [0.3, 0.4) is 0 Å². The second kappa shape index (κ2) is 7.13. The van der Waals surface area contributed by atoms with Crippen molar-refractivity contribution in [3.63, 3.8) is 0 Å². The van der Waals surface area contributed by atoms with Crippen LogP contribution in [0.5, 0.6) is 0 Å². The third-order valence-electron chi connectivity index (χ3n) is 4.78. The Kier molecular flexibility index (Phi) is 4.86. The number of aromatic nitrogens is 3. The first-order valence-electron chi connectivity index (χ1n) is 8.56. The van der Waals surface area contributed by atoms with Gasteiger partial charge >= 0.3 is 0 Å². The zero-order chi connectivity index (χ0) is 18.3. The number of halogens is 2. The van der Waals surface area contributed by atoms with E-state index in [4.69, 9.17) is 21.1 Å². The molecule has 0 saturated carbocycles. The summed E-state index contributed by atoms with van der Waals surface area (Å²) < 4.78 is 6.28. The molecule has 0 bridgehead atoms. The Morgan fingerprint density at radius 3 is 2.62 bits per heavy atom. The zero-order valence-corrected chi connectivity index (χ0v) is 17.0. The summed E-state index contributed by atoms with van der Waals surface area (Å²) in [5, 5.41) is 5.59. The van der Waals surface area contributed by atoms with E-state index in [0.717, 1.165) is 47.4 Å². The third-order valence-corrected chi connectivity index (χ3v) is 5.53. The number of pyridine rings is 1. The minimum Gasteiger partial charge on any atom is -0.354 e. The quantitative estimate of drug-likeness (QED) is 0.612. The number of rotatable bonds is 3. The van der Waals surface area contributed by atoms with Crippen LogP contribution in [0.1, 0.15) is 24.7 Å². The van der Waals surface area contributed by atoms with E-state index >= 15 is 0 Å². The van der Waals surface area contributed by atoms with Crippen LogP contribution < -0.4 is 4.90 Å². The maximum atomic E-state index is 6.37. The molecule has 1 aliphatic rings. The topological polar surface area (TPSA) is 58.3 Å². The lowest BCUT2D eigenvalue weighted by Gasteiger charge is -2.37. The van der Waals surface area contributed by atoms with E-state index in [1.807, 2.05) is 19.1 Å². The largest absolute Gasteiger partial charge is 0.354 e. The molecule has 26 heavy (non-hydrogen) atoms. The van der Waals surface area contributed by atoms with Crippen molar-refractivity contribution in [3.8, 4) is 0 Å². The molecular formula is C18H19BrClN5O. The number of nitrogens with zero attached hydrogens (tertiary/aromatic N) is 5. The van der Waals surface area contributed by atoms with E-state index in [0.29, 0.717) is 16.7 Å². The van der Waals surface area contributed by atoms with Crippen LogP contribution in [-0.2, 0) is 0 Å². The number of anilines is 1. The fourth-order valence-electron chi connectivity index (χ4n) is 3.30. The average molecular weight is 437 g/mol. The predicted octanol–water partition coefficient (Wildman–Crippen LogP) is 4.23.